The van der Waals surface area contributed by atoms with Crippen LogP contribution in [-0.2, 0) is 4.74 Å². The summed E-state index contributed by atoms with van der Waals surface area (Å²) < 4.78 is 5.59. The SMILES string of the molecule is C=C(C)CCC(C=C(C)C)OCC. The van der Waals surface area contributed by atoms with Crippen molar-refractivity contribution >= 4 is 0 Å². The molecule has 1 unspecified atom stereocenters. The van der Waals surface area contributed by atoms with Crippen LogP contribution in [0.3, 0.4) is 0 Å². The summed E-state index contributed by atoms with van der Waals surface area (Å²) in [4.78, 5) is 0. The van der Waals surface area contributed by atoms with Gasteiger partial charge in [-0.2, -0.15) is 0 Å². The monoisotopic (exact) mass is 182 g/mol. The van der Waals surface area contributed by atoms with Crippen LogP contribution in [0.25, 0.3) is 0 Å². The maximum atomic E-state index is 5.59. The Bertz CT molecular complexity index is 176. The predicted molar refractivity (Wildman–Crippen MR) is 58.9 cm³/mol. The van der Waals surface area contributed by atoms with Crippen LogP contribution in [0.2, 0.25) is 0 Å². The summed E-state index contributed by atoms with van der Waals surface area (Å²) in [6.07, 6.45) is 4.56. The minimum Gasteiger partial charge on any atom is -0.374 e. The summed E-state index contributed by atoms with van der Waals surface area (Å²) in [5.41, 5.74) is 2.55. The van der Waals surface area contributed by atoms with E-state index < -0.39 is 0 Å². The van der Waals surface area contributed by atoms with Gasteiger partial charge >= 0.3 is 0 Å². The van der Waals surface area contributed by atoms with Crippen molar-refractivity contribution in [1.82, 2.24) is 0 Å². The van der Waals surface area contributed by atoms with Gasteiger partial charge in [0.15, 0.2) is 0 Å². The van der Waals surface area contributed by atoms with Crippen LogP contribution in [0.1, 0.15) is 40.5 Å². The lowest BCUT2D eigenvalue weighted by molar-refractivity contribution is 0.0900. The summed E-state index contributed by atoms with van der Waals surface area (Å²) in [5, 5.41) is 0. The molecule has 1 atom stereocenters. The minimum atomic E-state index is 0.270. The third-order valence-electron chi connectivity index (χ3n) is 1.76. The molecule has 0 aliphatic rings. The van der Waals surface area contributed by atoms with Crippen molar-refractivity contribution in [3.8, 4) is 0 Å². The zero-order chi connectivity index (χ0) is 10.3. The van der Waals surface area contributed by atoms with Crippen molar-refractivity contribution < 1.29 is 4.74 Å². The van der Waals surface area contributed by atoms with E-state index in [1.165, 1.54) is 11.1 Å². The van der Waals surface area contributed by atoms with Crippen molar-refractivity contribution in [3.05, 3.63) is 23.8 Å². The molecule has 0 aliphatic heterocycles. The fourth-order valence-electron chi connectivity index (χ4n) is 1.19. The van der Waals surface area contributed by atoms with E-state index in [0.717, 1.165) is 19.4 Å². The van der Waals surface area contributed by atoms with E-state index in [9.17, 15) is 0 Å². The maximum Gasteiger partial charge on any atom is 0.0761 e. The third kappa shape index (κ3) is 7.79. The average molecular weight is 182 g/mol. The van der Waals surface area contributed by atoms with Crippen LogP contribution < -0.4 is 0 Å². The lowest BCUT2D eigenvalue weighted by Crippen LogP contribution is -2.10. The van der Waals surface area contributed by atoms with Gasteiger partial charge in [0.05, 0.1) is 6.10 Å². The van der Waals surface area contributed by atoms with Crippen LogP contribution in [0, 0.1) is 0 Å². The Morgan fingerprint density at radius 1 is 1.38 bits per heavy atom. The second-order valence-electron chi connectivity index (χ2n) is 3.73. The average Bonchev–Trinajstić information content (AvgIpc) is 1.99. The van der Waals surface area contributed by atoms with Gasteiger partial charge in [-0.3, -0.25) is 0 Å². The first-order chi connectivity index (χ1) is 6.06. The van der Waals surface area contributed by atoms with E-state index in [2.05, 4.69) is 33.4 Å². The number of hydrogen-bond donors (Lipinski definition) is 0. The largest absolute Gasteiger partial charge is 0.374 e. The minimum absolute atomic E-state index is 0.270. The van der Waals surface area contributed by atoms with Gasteiger partial charge in [-0.15, -0.1) is 6.58 Å². The first-order valence-electron chi connectivity index (χ1n) is 4.97. The number of hydrogen-bond acceptors (Lipinski definition) is 1. The molecule has 0 saturated carbocycles. The van der Waals surface area contributed by atoms with Crippen molar-refractivity contribution in [2.24, 2.45) is 0 Å². The molecule has 0 bridgehead atoms. The summed E-state index contributed by atoms with van der Waals surface area (Å²) in [6.45, 7) is 13.0. The smallest absolute Gasteiger partial charge is 0.0761 e. The van der Waals surface area contributed by atoms with Crippen molar-refractivity contribution in [3.63, 3.8) is 0 Å². The van der Waals surface area contributed by atoms with Crippen LogP contribution in [-0.4, -0.2) is 12.7 Å². The fraction of sp³-hybridized carbons (Fsp3) is 0.667. The van der Waals surface area contributed by atoms with Gasteiger partial charge in [0, 0.05) is 6.61 Å². The Labute approximate surface area is 82.5 Å². The number of allylic oxidation sites excluding steroid dienone is 2. The molecule has 0 N–H and O–H groups in total. The molecule has 1 heteroatoms. The van der Waals surface area contributed by atoms with E-state index in [1.807, 2.05) is 6.92 Å². The second-order valence-corrected chi connectivity index (χ2v) is 3.73. The molecule has 76 valence electrons. The van der Waals surface area contributed by atoms with Crippen LogP contribution in [0.4, 0.5) is 0 Å². The highest BCUT2D eigenvalue weighted by Gasteiger charge is 2.03. The van der Waals surface area contributed by atoms with Crippen LogP contribution in [0.5, 0.6) is 0 Å². The Hall–Kier alpha value is -0.560. The summed E-state index contributed by atoms with van der Waals surface area (Å²) in [6, 6.07) is 0. The molecule has 0 aromatic heterocycles. The van der Waals surface area contributed by atoms with Crippen molar-refractivity contribution in [2.45, 2.75) is 46.6 Å². The van der Waals surface area contributed by atoms with Gasteiger partial charge in [-0.05, 0) is 40.5 Å². The predicted octanol–water partition coefficient (Wildman–Crippen LogP) is 3.71. The molecule has 0 aromatic carbocycles. The molecular formula is C12H22O. The van der Waals surface area contributed by atoms with Gasteiger partial charge in [0.2, 0.25) is 0 Å². The lowest BCUT2D eigenvalue weighted by Gasteiger charge is -2.13. The Kier molecular flexibility index (Phi) is 6.61. The standard InChI is InChI=1S/C12H22O/c1-6-13-12(9-11(4)5)8-7-10(2)3/h9,12H,2,6-8H2,1,3-5H3. The zero-order valence-electron chi connectivity index (χ0n) is 9.39. The molecule has 0 aromatic rings. The van der Waals surface area contributed by atoms with Crippen LogP contribution >= 0.6 is 0 Å². The molecule has 0 aliphatic carbocycles. The van der Waals surface area contributed by atoms with E-state index >= 15 is 0 Å². The summed E-state index contributed by atoms with van der Waals surface area (Å²) >= 11 is 0. The van der Waals surface area contributed by atoms with E-state index in [4.69, 9.17) is 4.74 Å². The van der Waals surface area contributed by atoms with Gasteiger partial charge in [0.25, 0.3) is 0 Å². The third-order valence-corrected chi connectivity index (χ3v) is 1.76. The molecule has 0 saturated heterocycles. The zero-order valence-corrected chi connectivity index (χ0v) is 9.39. The Morgan fingerprint density at radius 3 is 2.38 bits per heavy atom. The lowest BCUT2D eigenvalue weighted by atomic mass is 10.1. The second kappa shape index (κ2) is 6.90. The highest BCUT2D eigenvalue weighted by molar-refractivity contribution is 5.00. The molecule has 0 rings (SSSR count). The van der Waals surface area contributed by atoms with Crippen LogP contribution in [0.15, 0.2) is 23.8 Å². The normalized spacial score (nSPS) is 12.3. The number of rotatable bonds is 6. The topological polar surface area (TPSA) is 9.23 Å². The molecular weight excluding hydrogens is 160 g/mol. The van der Waals surface area contributed by atoms with Gasteiger partial charge in [0.1, 0.15) is 0 Å². The van der Waals surface area contributed by atoms with E-state index in [1.54, 1.807) is 0 Å². The molecule has 0 radical (unpaired) electrons. The molecule has 0 fully saturated rings. The molecule has 13 heavy (non-hydrogen) atoms. The first-order valence-corrected chi connectivity index (χ1v) is 4.97. The molecule has 0 amide bonds. The quantitative estimate of drug-likeness (QED) is 0.569. The van der Waals surface area contributed by atoms with E-state index in [0.29, 0.717) is 0 Å². The van der Waals surface area contributed by atoms with Gasteiger partial charge in [-0.1, -0.05) is 17.2 Å². The maximum absolute atomic E-state index is 5.59. The van der Waals surface area contributed by atoms with Crippen molar-refractivity contribution in [2.75, 3.05) is 6.61 Å². The highest BCUT2D eigenvalue weighted by Crippen LogP contribution is 2.10. The number of ether oxygens (including phenoxy) is 1. The molecule has 1 nitrogen and oxygen atoms in total. The van der Waals surface area contributed by atoms with Gasteiger partial charge < -0.3 is 4.74 Å². The highest BCUT2D eigenvalue weighted by atomic mass is 16.5. The van der Waals surface area contributed by atoms with Gasteiger partial charge in [-0.25, -0.2) is 0 Å². The fourth-order valence-corrected chi connectivity index (χ4v) is 1.19. The molecule has 0 heterocycles. The summed E-state index contributed by atoms with van der Waals surface area (Å²) in [5.74, 6) is 0. The van der Waals surface area contributed by atoms with Crippen molar-refractivity contribution in [1.29, 1.82) is 0 Å². The Balaban J connectivity index is 3.94. The van der Waals surface area contributed by atoms with E-state index in [-0.39, 0.29) is 6.10 Å². The first kappa shape index (κ1) is 12.4. The Morgan fingerprint density at radius 2 is 2.00 bits per heavy atom. The summed E-state index contributed by atoms with van der Waals surface area (Å²) in [7, 11) is 0. The molecule has 0 spiro atoms.